The summed E-state index contributed by atoms with van der Waals surface area (Å²) < 4.78 is 0. The molecule has 0 fully saturated rings. The van der Waals surface area contributed by atoms with Crippen molar-refractivity contribution in [3.8, 4) is 6.07 Å². The van der Waals surface area contributed by atoms with Crippen molar-refractivity contribution in [1.29, 1.82) is 5.26 Å². The zero-order valence-corrected chi connectivity index (χ0v) is 8.24. The Balaban J connectivity index is 2.95. The van der Waals surface area contributed by atoms with Crippen LogP contribution in [-0.4, -0.2) is 5.78 Å². The average molecular weight is 185 g/mol. The molecule has 0 atom stereocenters. The zero-order chi connectivity index (χ0) is 10.6. The van der Waals surface area contributed by atoms with Crippen LogP contribution in [0, 0.1) is 11.3 Å². The fraction of sp³-hybridized carbons (Fsp3) is 0.167. The largest absolute Gasteiger partial charge is 0.295 e. The van der Waals surface area contributed by atoms with Gasteiger partial charge in [-0.3, -0.25) is 4.79 Å². The van der Waals surface area contributed by atoms with Crippen molar-refractivity contribution in [3.05, 3.63) is 41.0 Å². The summed E-state index contributed by atoms with van der Waals surface area (Å²) in [5, 5.41) is 8.58. The van der Waals surface area contributed by atoms with Crippen molar-refractivity contribution < 1.29 is 4.79 Å². The Hall–Kier alpha value is -1.88. The van der Waals surface area contributed by atoms with E-state index >= 15 is 0 Å². The van der Waals surface area contributed by atoms with Crippen molar-refractivity contribution in [3.63, 3.8) is 0 Å². The molecule has 0 amide bonds. The summed E-state index contributed by atoms with van der Waals surface area (Å²) in [4.78, 5) is 11.0. The maximum Gasteiger partial charge on any atom is 0.155 e. The molecule has 70 valence electrons. The first-order valence-electron chi connectivity index (χ1n) is 4.33. The average Bonchev–Trinajstić information content (AvgIpc) is 2.19. The summed E-state index contributed by atoms with van der Waals surface area (Å²) in [6.07, 6.45) is 1.81. The van der Waals surface area contributed by atoms with Gasteiger partial charge in [-0.15, -0.1) is 0 Å². The summed E-state index contributed by atoms with van der Waals surface area (Å²) >= 11 is 0. The van der Waals surface area contributed by atoms with Gasteiger partial charge in [0.1, 0.15) is 0 Å². The zero-order valence-electron chi connectivity index (χ0n) is 8.24. The van der Waals surface area contributed by atoms with Crippen LogP contribution in [0.2, 0.25) is 0 Å². The number of hydrogen-bond donors (Lipinski definition) is 0. The molecule has 0 spiro atoms. The molecule has 1 rings (SSSR count). The van der Waals surface area contributed by atoms with Gasteiger partial charge in [0.25, 0.3) is 0 Å². The van der Waals surface area contributed by atoms with E-state index in [-0.39, 0.29) is 5.78 Å². The van der Waals surface area contributed by atoms with Crippen LogP contribution >= 0.6 is 0 Å². The Bertz CT molecular complexity index is 407. The minimum atomic E-state index is 0.0642. The summed E-state index contributed by atoms with van der Waals surface area (Å²) in [5.74, 6) is 0.0642. The second kappa shape index (κ2) is 4.38. The predicted octanol–water partition coefficient (Wildman–Crippen LogP) is 2.55. The normalized spacial score (nSPS) is 10.8. The van der Waals surface area contributed by atoms with Crippen LogP contribution in [0.25, 0.3) is 6.08 Å². The molecule has 14 heavy (non-hydrogen) atoms. The van der Waals surface area contributed by atoms with Gasteiger partial charge < -0.3 is 0 Å². The van der Waals surface area contributed by atoms with E-state index in [0.717, 1.165) is 11.1 Å². The molecule has 0 saturated carbocycles. The smallest absolute Gasteiger partial charge is 0.155 e. The highest BCUT2D eigenvalue weighted by Crippen LogP contribution is 2.08. The van der Waals surface area contributed by atoms with Gasteiger partial charge in [-0.2, -0.15) is 5.26 Å². The Morgan fingerprint density at radius 1 is 1.29 bits per heavy atom. The maximum atomic E-state index is 11.0. The lowest BCUT2D eigenvalue weighted by molar-refractivity contribution is -0.113. The Kier molecular flexibility index (Phi) is 3.19. The van der Waals surface area contributed by atoms with Gasteiger partial charge in [0, 0.05) is 0 Å². The quantitative estimate of drug-likeness (QED) is 0.664. The first kappa shape index (κ1) is 10.2. The monoisotopic (exact) mass is 185 g/mol. The highest BCUT2D eigenvalue weighted by atomic mass is 16.1. The third-order valence-electron chi connectivity index (χ3n) is 1.98. The lowest BCUT2D eigenvalue weighted by Gasteiger charge is -1.96. The van der Waals surface area contributed by atoms with Crippen molar-refractivity contribution in [2.75, 3.05) is 0 Å². The van der Waals surface area contributed by atoms with E-state index in [2.05, 4.69) is 0 Å². The van der Waals surface area contributed by atoms with Gasteiger partial charge >= 0.3 is 0 Å². The number of Topliss-reactive ketones (excluding diaryl/α,β-unsaturated/α-hetero) is 1. The lowest BCUT2D eigenvalue weighted by Crippen LogP contribution is -1.90. The second-order valence-corrected chi connectivity index (χ2v) is 3.12. The van der Waals surface area contributed by atoms with Gasteiger partial charge in [-0.25, -0.2) is 0 Å². The van der Waals surface area contributed by atoms with Crippen molar-refractivity contribution >= 4 is 11.9 Å². The SMILES string of the molecule is CC(=O)C(C)=Cc1ccc(C#N)cc1. The molecule has 0 aliphatic rings. The van der Waals surface area contributed by atoms with E-state index in [1.165, 1.54) is 6.92 Å². The molecule has 1 aromatic carbocycles. The molecule has 0 aliphatic carbocycles. The summed E-state index contributed by atoms with van der Waals surface area (Å²) in [7, 11) is 0. The number of benzene rings is 1. The first-order valence-corrected chi connectivity index (χ1v) is 4.33. The van der Waals surface area contributed by atoms with E-state index in [4.69, 9.17) is 5.26 Å². The van der Waals surface area contributed by atoms with Crippen molar-refractivity contribution in [2.24, 2.45) is 0 Å². The number of nitrogens with zero attached hydrogens (tertiary/aromatic N) is 1. The van der Waals surface area contributed by atoms with Gasteiger partial charge in [-0.1, -0.05) is 12.1 Å². The van der Waals surface area contributed by atoms with Crippen LogP contribution in [0.15, 0.2) is 29.8 Å². The van der Waals surface area contributed by atoms with Crippen LogP contribution in [0.4, 0.5) is 0 Å². The van der Waals surface area contributed by atoms with Gasteiger partial charge in [0.2, 0.25) is 0 Å². The standard InChI is InChI=1S/C12H11NO/c1-9(10(2)14)7-11-3-5-12(8-13)6-4-11/h3-7H,1-2H3. The Labute approximate surface area is 83.5 Å². The molecule has 0 aromatic heterocycles. The number of ketones is 1. The molecule has 0 N–H and O–H groups in total. The molecule has 0 radical (unpaired) electrons. The summed E-state index contributed by atoms with van der Waals surface area (Å²) in [6.45, 7) is 3.32. The minimum Gasteiger partial charge on any atom is -0.295 e. The van der Waals surface area contributed by atoms with E-state index in [1.807, 2.05) is 24.3 Å². The molecular formula is C12H11NO. The van der Waals surface area contributed by atoms with Crippen molar-refractivity contribution in [1.82, 2.24) is 0 Å². The van der Waals surface area contributed by atoms with Crippen LogP contribution in [-0.2, 0) is 4.79 Å². The minimum absolute atomic E-state index is 0.0642. The predicted molar refractivity (Wildman–Crippen MR) is 55.5 cm³/mol. The fourth-order valence-corrected chi connectivity index (χ4v) is 1.01. The molecule has 2 heteroatoms. The third kappa shape index (κ3) is 2.56. The molecule has 0 heterocycles. The molecule has 0 saturated heterocycles. The third-order valence-corrected chi connectivity index (χ3v) is 1.98. The summed E-state index contributed by atoms with van der Waals surface area (Å²) in [5.41, 5.74) is 2.29. The van der Waals surface area contributed by atoms with Gasteiger partial charge in [-0.05, 0) is 43.2 Å². The second-order valence-electron chi connectivity index (χ2n) is 3.12. The van der Waals surface area contributed by atoms with Gasteiger partial charge in [0.05, 0.1) is 11.6 Å². The molecule has 2 nitrogen and oxygen atoms in total. The number of nitriles is 1. The number of allylic oxidation sites excluding steroid dienone is 1. The van der Waals surface area contributed by atoms with Gasteiger partial charge in [0.15, 0.2) is 5.78 Å². The van der Waals surface area contributed by atoms with Crippen LogP contribution in [0.5, 0.6) is 0 Å². The van der Waals surface area contributed by atoms with E-state index in [1.54, 1.807) is 19.1 Å². The highest BCUT2D eigenvalue weighted by molar-refractivity contribution is 5.97. The molecule has 0 aliphatic heterocycles. The Morgan fingerprint density at radius 3 is 2.29 bits per heavy atom. The number of hydrogen-bond acceptors (Lipinski definition) is 2. The van der Waals surface area contributed by atoms with E-state index < -0.39 is 0 Å². The molecule has 1 aromatic rings. The fourth-order valence-electron chi connectivity index (χ4n) is 1.01. The summed E-state index contributed by atoms with van der Waals surface area (Å²) in [6, 6.07) is 9.16. The van der Waals surface area contributed by atoms with Crippen molar-refractivity contribution in [2.45, 2.75) is 13.8 Å². The number of rotatable bonds is 2. The maximum absolute atomic E-state index is 11.0. The van der Waals surface area contributed by atoms with E-state index in [9.17, 15) is 4.79 Å². The number of carbonyl (C=O) groups is 1. The lowest BCUT2D eigenvalue weighted by atomic mass is 10.1. The topological polar surface area (TPSA) is 40.9 Å². The molecular weight excluding hydrogens is 174 g/mol. The molecule has 0 bridgehead atoms. The Morgan fingerprint density at radius 2 is 1.86 bits per heavy atom. The van der Waals surface area contributed by atoms with Crippen LogP contribution < -0.4 is 0 Å². The van der Waals surface area contributed by atoms with Crippen LogP contribution in [0.3, 0.4) is 0 Å². The first-order chi connectivity index (χ1) is 6.63. The molecule has 0 unspecified atom stereocenters. The van der Waals surface area contributed by atoms with E-state index in [0.29, 0.717) is 5.56 Å². The van der Waals surface area contributed by atoms with Crippen LogP contribution in [0.1, 0.15) is 25.0 Å². The highest BCUT2D eigenvalue weighted by Gasteiger charge is 1.96. The number of carbonyl (C=O) groups excluding carboxylic acids is 1.